The molecule has 1 fully saturated rings. The summed E-state index contributed by atoms with van der Waals surface area (Å²) < 4.78 is 19.1. The summed E-state index contributed by atoms with van der Waals surface area (Å²) in [5.74, 6) is -0.305. The summed E-state index contributed by atoms with van der Waals surface area (Å²) in [6.45, 7) is 5.57. The van der Waals surface area contributed by atoms with Gasteiger partial charge in [-0.2, -0.15) is 0 Å². The fourth-order valence-electron chi connectivity index (χ4n) is 4.52. The van der Waals surface area contributed by atoms with Crippen LogP contribution in [0.2, 0.25) is 0 Å². The zero-order valence-corrected chi connectivity index (χ0v) is 21.2. The Labute approximate surface area is 201 Å². The molecule has 0 unspecified atom stereocenters. The van der Waals surface area contributed by atoms with E-state index in [0.717, 1.165) is 38.7 Å². The third kappa shape index (κ3) is 11.3. The van der Waals surface area contributed by atoms with Crippen molar-refractivity contribution in [2.24, 2.45) is 0 Å². The lowest BCUT2D eigenvalue weighted by Gasteiger charge is -2.34. The van der Waals surface area contributed by atoms with Crippen molar-refractivity contribution >= 4 is 11.7 Å². The van der Waals surface area contributed by atoms with E-state index in [1.807, 2.05) is 7.05 Å². The lowest BCUT2D eigenvalue weighted by molar-refractivity contribution is 0.0130. The quantitative estimate of drug-likeness (QED) is 0.295. The molecule has 188 valence electrons. The van der Waals surface area contributed by atoms with E-state index in [4.69, 9.17) is 4.74 Å². The normalized spacial score (nSPS) is 18.5. The first kappa shape index (κ1) is 27.6. The zero-order valence-electron chi connectivity index (χ0n) is 21.2. The molecule has 33 heavy (non-hydrogen) atoms. The highest BCUT2D eigenvalue weighted by Gasteiger charge is 2.27. The summed E-state index contributed by atoms with van der Waals surface area (Å²) >= 11 is 0. The third-order valence-corrected chi connectivity index (χ3v) is 6.79. The molecule has 0 aromatic heterocycles. The molecule has 1 aromatic carbocycles. The second-order valence-corrected chi connectivity index (χ2v) is 9.63. The van der Waals surface area contributed by atoms with Gasteiger partial charge in [0.1, 0.15) is 5.82 Å². The molecule has 0 bridgehead atoms. The first-order valence-electron chi connectivity index (χ1n) is 13.1. The number of urea groups is 1. The monoisotopic (exact) mass is 463 g/mol. The van der Waals surface area contributed by atoms with E-state index >= 15 is 0 Å². The summed E-state index contributed by atoms with van der Waals surface area (Å²) in [4.78, 5) is 16.7. The Morgan fingerprint density at radius 1 is 0.939 bits per heavy atom. The third-order valence-electron chi connectivity index (χ3n) is 6.79. The SMILES string of the molecule is CCCCCN(C)CCCCCCCOC1CCC(N(C)C(=O)Nc2ccc(F)cc2)CC1. The van der Waals surface area contributed by atoms with Crippen molar-refractivity contribution in [1.29, 1.82) is 0 Å². The van der Waals surface area contributed by atoms with Crippen molar-refractivity contribution in [2.75, 3.05) is 39.1 Å². The van der Waals surface area contributed by atoms with Gasteiger partial charge < -0.3 is 19.9 Å². The predicted octanol–water partition coefficient (Wildman–Crippen LogP) is 6.69. The van der Waals surface area contributed by atoms with Crippen molar-refractivity contribution in [1.82, 2.24) is 9.80 Å². The number of rotatable bonds is 15. The number of benzene rings is 1. The molecule has 1 saturated carbocycles. The summed E-state index contributed by atoms with van der Waals surface area (Å²) in [5, 5.41) is 2.84. The second kappa shape index (κ2) is 16.0. The molecule has 2 rings (SSSR count). The molecule has 0 spiro atoms. The van der Waals surface area contributed by atoms with Crippen molar-refractivity contribution in [3.63, 3.8) is 0 Å². The summed E-state index contributed by atoms with van der Waals surface area (Å²) in [6, 6.07) is 5.96. The standard InChI is InChI=1S/C27H46FN3O2/c1-4-5-9-20-30(2)21-10-7-6-8-11-22-33-26-18-16-25(17-19-26)31(3)27(32)29-24-14-12-23(28)13-15-24/h12-15,25-26H,4-11,16-22H2,1-3H3,(H,29,32). The molecular formula is C27H46FN3O2. The number of hydrogen-bond donors (Lipinski definition) is 1. The van der Waals surface area contributed by atoms with Crippen LogP contribution < -0.4 is 5.32 Å². The molecular weight excluding hydrogens is 417 g/mol. The summed E-state index contributed by atoms with van der Waals surface area (Å²) in [7, 11) is 4.08. The molecule has 0 saturated heterocycles. The Bertz CT molecular complexity index is 647. The lowest BCUT2D eigenvalue weighted by Crippen LogP contribution is -2.42. The van der Waals surface area contributed by atoms with Crippen LogP contribution in [0.3, 0.4) is 0 Å². The van der Waals surface area contributed by atoms with E-state index in [9.17, 15) is 9.18 Å². The van der Waals surface area contributed by atoms with Crippen LogP contribution in [0, 0.1) is 5.82 Å². The van der Waals surface area contributed by atoms with Gasteiger partial charge in [-0.25, -0.2) is 9.18 Å². The lowest BCUT2D eigenvalue weighted by atomic mass is 9.92. The maximum atomic E-state index is 13.0. The van der Waals surface area contributed by atoms with Crippen molar-refractivity contribution in [3.8, 4) is 0 Å². The van der Waals surface area contributed by atoms with Gasteiger partial charge in [0.2, 0.25) is 0 Å². The Morgan fingerprint density at radius 2 is 1.55 bits per heavy atom. The van der Waals surface area contributed by atoms with Crippen LogP contribution in [-0.4, -0.2) is 61.8 Å². The number of unbranched alkanes of at least 4 members (excludes halogenated alkanes) is 6. The number of carbonyl (C=O) groups excluding carboxylic acids is 1. The van der Waals surface area contributed by atoms with Crippen LogP contribution >= 0.6 is 0 Å². The van der Waals surface area contributed by atoms with Gasteiger partial charge in [-0.05, 0) is 89.3 Å². The second-order valence-electron chi connectivity index (χ2n) is 9.63. The number of hydrogen-bond acceptors (Lipinski definition) is 3. The molecule has 1 aromatic rings. The number of nitrogens with zero attached hydrogens (tertiary/aromatic N) is 2. The molecule has 0 atom stereocenters. The smallest absolute Gasteiger partial charge is 0.321 e. The first-order valence-corrected chi connectivity index (χ1v) is 13.1. The number of amides is 2. The van der Waals surface area contributed by atoms with Gasteiger partial charge in [0, 0.05) is 25.4 Å². The molecule has 5 nitrogen and oxygen atoms in total. The highest BCUT2D eigenvalue weighted by atomic mass is 19.1. The van der Waals surface area contributed by atoms with Crippen LogP contribution in [0.25, 0.3) is 0 Å². The van der Waals surface area contributed by atoms with Crippen molar-refractivity contribution in [2.45, 2.75) is 96.1 Å². The average Bonchev–Trinajstić information content (AvgIpc) is 2.82. The Hall–Kier alpha value is -1.66. The van der Waals surface area contributed by atoms with Crippen molar-refractivity contribution in [3.05, 3.63) is 30.1 Å². The van der Waals surface area contributed by atoms with Gasteiger partial charge in [0.15, 0.2) is 0 Å². The predicted molar refractivity (Wildman–Crippen MR) is 135 cm³/mol. The zero-order chi connectivity index (χ0) is 23.9. The van der Waals surface area contributed by atoms with Crippen LogP contribution in [0.5, 0.6) is 0 Å². The molecule has 1 N–H and O–H groups in total. The van der Waals surface area contributed by atoms with Gasteiger partial charge >= 0.3 is 6.03 Å². The summed E-state index contributed by atoms with van der Waals surface area (Å²) in [6.07, 6.45) is 14.5. The fourth-order valence-corrected chi connectivity index (χ4v) is 4.52. The van der Waals surface area contributed by atoms with E-state index in [1.165, 1.54) is 70.2 Å². The molecule has 6 heteroatoms. The Kier molecular flexibility index (Phi) is 13.4. The van der Waals surface area contributed by atoms with Crippen LogP contribution in [0.15, 0.2) is 24.3 Å². The van der Waals surface area contributed by atoms with Crippen molar-refractivity contribution < 1.29 is 13.9 Å². The molecule has 2 amide bonds. The highest BCUT2D eigenvalue weighted by Crippen LogP contribution is 2.25. The minimum absolute atomic E-state index is 0.141. The van der Waals surface area contributed by atoms with Gasteiger partial charge in [0.25, 0.3) is 0 Å². The Balaban J connectivity index is 1.48. The minimum Gasteiger partial charge on any atom is -0.378 e. The number of carbonyl (C=O) groups is 1. The van der Waals surface area contributed by atoms with Gasteiger partial charge in [-0.1, -0.05) is 39.0 Å². The van der Waals surface area contributed by atoms with Crippen LogP contribution in [0.1, 0.15) is 84.0 Å². The first-order chi connectivity index (χ1) is 16.0. The molecule has 0 radical (unpaired) electrons. The van der Waals surface area contributed by atoms with Gasteiger partial charge in [-0.3, -0.25) is 0 Å². The number of nitrogens with one attached hydrogen (secondary N) is 1. The van der Waals surface area contributed by atoms with Gasteiger partial charge in [-0.15, -0.1) is 0 Å². The minimum atomic E-state index is -0.305. The van der Waals surface area contributed by atoms with E-state index in [-0.39, 0.29) is 17.9 Å². The topological polar surface area (TPSA) is 44.8 Å². The maximum absolute atomic E-state index is 13.0. The molecule has 0 aliphatic heterocycles. The fraction of sp³-hybridized carbons (Fsp3) is 0.741. The Morgan fingerprint density at radius 3 is 2.21 bits per heavy atom. The van der Waals surface area contributed by atoms with E-state index in [0.29, 0.717) is 11.8 Å². The van der Waals surface area contributed by atoms with E-state index in [2.05, 4.69) is 24.2 Å². The highest BCUT2D eigenvalue weighted by molar-refractivity contribution is 5.89. The van der Waals surface area contributed by atoms with Crippen LogP contribution in [0.4, 0.5) is 14.9 Å². The molecule has 0 heterocycles. The molecule has 1 aliphatic rings. The number of ether oxygens (including phenoxy) is 1. The van der Waals surface area contributed by atoms with E-state index < -0.39 is 0 Å². The molecule has 1 aliphatic carbocycles. The van der Waals surface area contributed by atoms with Crippen LogP contribution in [-0.2, 0) is 4.74 Å². The van der Waals surface area contributed by atoms with Gasteiger partial charge in [0.05, 0.1) is 6.10 Å². The van der Waals surface area contributed by atoms with E-state index in [1.54, 1.807) is 17.0 Å². The summed E-state index contributed by atoms with van der Waals surface area (Å²) in [5.41, 5.74) is 0.615. The number of halogens is 1. The average molecular weight is 464 g/mol. The maximum Gasteiger partial charge on any atom is 0.321 e. The number of anilines is 1. The largest absolute Gasteiger partial charge is 0.378 e.